The molecule has 1 aromatic rings. The Hall–Kier alpha value is -1.55. The Bertz CT molecular complexity index is 443. The SMILES string of the molecule is CC1(C)CN(C(=O)Cc2ccccc2O)CCN1. The molecule has 1 heterocycles. The van der Waals surface area contributed by atoms with Crippen LogP contribution >= 0.6 is 0 Å². The maximum atomic E-state index is 12.2. The first-order valence-corrected chi connectivity index (χ1v) is 6.28. The van der Waals surface area contributed by atoms with E-state index in [-0.39, 0.29) is 23.6 Å². The summed E-state index contributed by atoms with van der Waals surface area (Å²) in [5.41, 5.74) is 0.658. The van der Waals surface area contributed by atoms with Crippen molar-refractivity contribution in [1.82, 2.24) is 10.2 Å². The lowest BCUT2D eigenvalue weighted by Gasteiger charge is -2.39. The van der Waals surface area contributed by atoms with Gasteiger partial charge in [0.05, 0.1) is 6.42 Å². The first-order chi connectivity index (χ1) is 8.48. The van der Waals surface area contributed by atoms with Crippen molar-refractivity contribution in [2.45, 2.75) is 25.8 Å². The van der Waals surface area contributed by atoms with E-state index in [0.29, 0.717) is 12.1 Å². The predicted molar refractivity (Wildman–Crippen MR) is 70.5 cm³/mol. The number of piperazine rings is 1. The third-order valence-electron chi connectivity index (χ3n) is 3.26. The molecule has 4 nitrogen and oxygen atoms in total. The first kappa shape index (κ1) is 12.9. The zero-order valence-corrected chi connectivity index (χ0v) is 10.9. The van der Waals surface area contributed by atoms with Crippen LogP contribution in [0, 0.1) is 0 Å². The smallest absolute Gasteiger partial charge is 0.227 e. The maximum Gasteiger partial charge on any atom is 0.227 e. The van der Waals surface area contributed by atoms with Crippen LogP contribution in [0.4, 0.5) is 0 Å². The second-order valence-corrected chi connectivity index (χ2v) is 5.43. The summed E-state index contributed by atoms with van der Waals surface area (Å²) in [7, 11) is 0. The van der Waals surface area contributed by atoms with Crippen LogP contribution in [0.15, 0.2) is 24.3 Å². The number of phenolic OH excluding ortho intramolecular Hbond substituents is 1. The molecule has 0 aromatic heterocycles. The highest BCUT2D eigenvalue weighted by Gasteiger charge is 2.28. The van der Waals surface area contributed by atoms with E-state index in [9.17, 15) is 9.90 Å². The van der Waals surface area contributed by atoms with Gasteiger partial charge < -0.3 is 15.3 Å². The fourth-order valence-electron chi connectivity index (χ4n) is 2.29. The van der Waals surface area contributed by atoms with Gasteiger partial charge in [0.25, 0.3) is 0 Å². The van der Waals surface area contributed by atoms with E-state index in [1.54, 1.807) is 18.2 Å². The second kappa shape index (κ2) is 4.98. The minimum atomic E-state index is -0.0351. The molecule has 0 atom stereocenters. The number of para-hydroxylation sites is 1. The molecule has 0 saturated carbocycles. The number of benzene rings is 1. The molecule has 4 heteroatoms. The first-order valence-electron chi connectivity index (χ1n) is 6.28. The molecule has 2 N–H and O–H groups in total. The highest BCUT2D eigenvalue weighted by molar-refractivity contribution is 5.79. The Balaban J connectivity index is 2.02. The van der Waals surface area contributed by atoms with Gasteiger partial charge in [0.15, 0.2) is 0 Å². The maximum absolute atomic E-state index is 12.2. The van der Waals surface area contributed by atoms with Crippen LogP contribution < -0.4 is 5.32 Å². The largest absolute Gasteiger partial charge is 0.508 e. The molecule has 1 aliphatic heterocycles. The van der Waals surface area contributed by atoms with Crippen LogP contribution in [0.5, 0.6) is 5.75 Å². The molecule has 0 bridgehead atoms. The molecule has 1 amide bonds. The molecule has 98 valence electrons. The van der Waals surface area contributed by atoms with Crippen molar-refractivity contribution in [3.8, 4) is 5.75 Å². The number of aromatic hydroxyl groups is 1. The van der Waals surface area contributed by atoms with E-state index in [1.165, 1.54) is 0 Å². The molecule has 1 saturated heterocycles. The summed E-state index contributed by atoms with van der Waals surface area (Å²) in [5, 5.41) is 13.1. The predicted octanol–water partition coefficient (Wildman–Crippen LogP) is 1.15. The van der Waals surface area contributed by atoms with Gasteiger partial charge in [0.2, 0.25) is 5.91 Å². The van der Waals surface area contributed by atoms with E-state index < -0.39 is 0 Å². The topological polar surface area (TPSA) is 52.6 Å². The van der Waals surface area contributed by atoms with Crippen LogP contribution in [-0.4, -0.2) is 41.1 Å². The van der Waals surface area contributed by atoms with E-state index in [4.69, 9.17) is 0 Å². The quantitative estimate of drug-likeness (QED) is 0.825. The van der Waals surface area contributed by atoms with E-state index in [0.717, 1.165) is 13.1 Å². The van der Waals surface area contributed by atoms with E-state index in [1.807, 2.05) is 11.0 Å². The molecule has 0 aliphatic carbocycles. The van der Waals surface area contributed by atoms with Crippen molar-refractivity contribution >= 4 is 5.91 Å². The summed E-state index contributed by atoms with van der Waals surface area (Å²) >= 11 is 0. The standard InChI is InChI=1S/C14H20N2O2/c1-14(2)10-16(8-7-15-14)13(18)9-11-5-3-4-6-12(11)17/h3-6,15,17H,7-10H2,1-2H3. The number of hydrogen-bond acceptors (Lipinski definition) is 3. The summed E-state index contributed by atoms with van der Waals surface area (Å²) < 4.78 is 0. The van der Waals surface area contributed by atoms with Crippen molar-refractivity contribution in [1.29, 1.82) is 0 Å². The molecule has 1 aromatic carbocycles. The van der Waals surface area contributed by atoms with E-state index >= 15 is 0 Å². The van der Waals surface area contributed by atoms with Crippen LogP contribution in [0.2, 0.25) is 0 Å². The molecule has 1 fully saturated rings. The molecule has 0 unspecified atom stereocenters. The number of carbonyl (C=O) groups excluding carboxylic acids is 1. The number of nitrogens with one attached hydrogen (secondary N) is 1. The minimum absolute atomic E-state index is 0.0351. The third-order valence-corrected chi connectivity index (χ3v) is 3.26. The molecule has 18 heavy (non-hydrogen) atoms. The van der Waals surface area contributed by atoms with Gasteiger partial charge in [-0.3, -0.25) is 4.79 Å². The van der Waals surface area contributed by atoms with Gasteiger partial charge in [-0.15, -0.1) is 0 Å². The summed E-state index contributed by atoms with van der Waals surface area (Å²) in [5.74, 6) is 0.270. The Morgan fingerprint density at radius 3 is 2.83 bits per heavy atom. The Kier molecular flexibility index (Phi) is 3.57. The van der Waals surface area contributed by atoms with Gasteiger partial charge in [-0.25, -0.2) is 0 Å². The Morgan fingerprint density at radius 1 is 1.44 bits per heavy atom. The summed E-state index contributed by atoms with van der Waals surface area (Å²) in [4.78, 5) is 14.1. The van der Waals surface area contributed by atoms with Gasteiger partial charge in [-0.2, -0.15) is 0 Å². The van der Waals surface area contributed by atoms with Crippen LogP contribution in [0.1, 0.15) is 19.4 Å². The van der Waals surface area contributed by atoms with Crippen molar-refractivity contribution in [3.63, 3.8) is 0 Å². The minimum Gasteiger partial charge on any atom is -0.508 e. The molecule has 1 aliphatic rings. The van der Waals surface area contributed by atoms with Gasteiger partial charge in [0.1, 0.15) is 5.75 Å². The van der Waals surface area contributed by atoms with Crippen LogP contribution in [0.3, 0.4) is 0 Å². The lowest BCUT2D eigenvalue weighted by molar-refractivity contribution is -0.132. The van der Waals surface area contributed by atoms with Gasteiger partial charge in [-0.1, -0.05) is 18.2 Å². The van der Waals surface area contributed by atoms with Crippen LogP contribution in [-0.2, 0) is 11.2 Å². The molecular weight excluding hydrogens is 228 g/mol. The average Bonchev–Trinajstić information content (AvgIpc) is 2.31. The van der Waals surface area contributed by atoms with Gasteiger partial charge in [0, 0.05) is 30.7 Å². The van der Waals surface area contributed by atoms with Crippen LogP contribution in [0.25, 0.3) is 0 Å². The third kappa shape index (κ3) is 3.01. The molecule has 0 radical (unpaired) electrons. The van der Waals surface area contributed by atoms with Crippen molar-refractivity contribution in [2.75, 3.05) is 19.6 Å². The average molecular weight is 248 g/mol. The summed E-state index contributed by atoms with van der Waals surface area (Å²) in [6.07, 6.45) is 0.267. The van der Waals surface area contributed by atoms with Crippen molar-refractivity contribution in [3.05, 3.63) is 29.8 Å². The van der Waals surface area contributed by atoms with E-state index in [2.05, 4.69) is 19.2 Å². The molecule has 2 rings (SSSR count). The lowest BCUT2D eigenvalue weighted by Crippen LogP contribution is -2.58. The normalized spacial score (nSPS) is 18.7. The second-order valence-electron chi connectivity index (χ2n) is 5.43. The van der Waals surface area contributed by atoms with Gasteiger partial charge in [-0.05, 0) is 19.9 Å². The fourth-order valence-corrected chi connectivity index (χ4v) is 2.29. The summed E-state index contributed by atoms with van der Waals surface area (Å²) in [6.45, 7) is 6.44. The lowest BCUT2D eigenvalue weighted by atomic mass is 10.0. The number of phenols is 1. The summed E-state index contributed by atoms with van der Waals surface area (Å²) in [6, 6.07) is 7.01. The monoisotopic (exact) mass is 248 g/mol. The highest BCUT2D eigenvalue weighted by atomic mass is 16.3. The molecule has 0 spiro atoms. The highest BCUT2D eigenvalue weighted by Crippen LogP contribution is 2.18. The number of rotatable bonds is 2. The zero-order chi connectivity index (χ0) is 13.2. The Labute approximate surface area is 108 Å². The fraction of sp³-hybridized carbons (Fsp3) is 0.500. The number of nitrogens with zero attached hydrogens (tertiary/aromatic N) is 1. The Morgan fingerprint density at radius 2 is 2.17 bits per heavy atom. The molecular formula is C14H20N2O2. The number of amides is 1. The number of hydrogen-bond donors (Lipinski definition) is 2. The zero-order valence-electron chi connectivity index (χ0n) is 10.9. The number of carbonyl (C=O) groups is 1. The van der Waals surface area contributed by atoms with Crippen molar-refractivity contribution in [2.24, 2.45) is 0 Å². The van der Waals surface area contributed by atoms with Crippen molar-refractivity contribution < 1.29 is 9.90 Å². The van der Waals surface area contributed by atoms with Gasteiger partial charge >= 0.3 is 0 Å².